The van der Waals surface area contributed by atoms with E-state index >= 15 is 0 Å². The number of hydrogen-bond donors (Lipinski definition) is 4. The van der Waals surface area contributed by atoms with Crippen molar-refractivity contribution in [1.29, 1.82) is 0 Å². The van der Waals surface area contributed by atoms with Crippen molar-refractivity contribution >= 4 is 17.7 Å². The molecule has 2 amide bonds. The van der Waals surface area contributed by atoms with Gasteiger partial charge in [-0.3, -0.25) is 0 Å². The van der Waals surface area contributed by atoms with E-state index in [2.05, 4.69) is 10.6 Å². The summed E-state index contributed by atoms with van der Waals surface area (Å²) in [6, 6.07) is 4.58. The summed E-state index contributed by atoms with van der Waals surface area (Å²) >= 11 is 0. The Balaban J connectivity index is 2.54. The molecule has 0 spiro atoms. The summed E-state index contributed by atoms with van der Waals surface area (Å²) in [5, 5.41) is 22.0. The van der Waals surface area contributed by atoms with Gasteiger partial charge in [0.25, 0.3) is 0 Å². The Morgan fingerprint density at radius 3 is 2.42 bits per heavy atom. The van der Waals surface area contributed by atoms with Gasteiger partial charge in [0.05, 0.1) is 13.2 Å². The van der Waals surface area contributed by atoms with Crippen LogP contribution in [0.15, 0.2) is 24.3 Å². The molecule has 4 N–H and O–H groups in total. The van der Waals surface area contributed by atoms with E-state index in [1.807, 2.05) is 6.92 Å². The van der Waals surface area contributed by atoms with E-state index in [1.165, 1.54) is 0 Å². The van der Waals surface area contributed by atoms with Crippen molar-refractivity contribution in [2.45, 2.75) is 13.0 Å². The molecule has 0 heterocycles. The fourth-order valence-corrected chi connectivity index (χ4v) is 1.31. The van der Waals surface area contributed by atoms with Gasteiger partial charge in [-0.1, -0.05) is 0 Å². The van der Waals surface area contributed by atoms with Gasteiger partial charge in [0.2, 0.25) is 0 Å². The average molecular weight is 268 g/mol. The summed E-state index contributed by atoms with van der Waals surface area (Å²) in [6.07, 6.45) is 0. The van der Waals surface area contributed by atoms with E-state index in [4.69, 9.17) is 14.9 Å². The van der Waals surface area contributed by atoms with Gasteiger partial charge in [-0.2, -0.15) is 0 Å². The lowest BCUT2D eigenvalue weighted by Gasteiger charge is -2.12. The van der Waals surface area contributed by atoms with Crippen LogP contribution in [0.4, 0.5) is 10.5 Å². The minimum absolute atomic E-state index is 0.489. The molecular weight excluding hydrogens is 252 g/mol. The van der Waals surface area contributed by atoms with E-state index < -0.39 is 24.6 Å². The van der Waals surface area contributed by atoms with Crippen LogP contribution >= 0.6 is 0 Å². The monoisotopic (exact) mass is 268 g/mol. The molecule has 19 heavy (non-hydrogen) atoms. The van der Waals surface area contributed by atoms with Crippen LogP contribution < -0.4 is 15.4 Å². The maximum absolute atomic E-state index is 11.5. The molecule has 0 saturated heterocycles. The number of aliphatic hydroxyl groups is 1. The number of urea groups is 1. The van der Waals surface area contributed by atoms with Crippen LogP contribution in [0.2, 0.25) is 0 Å². The summed E-state index contributed by atoms with van der Waals surface area (Å²) in [7, 11) is 0. The fourth-order valence-electron chi connectivity index (χ4n) is 1.31. The highest BCUT2D eigenvalue weighted by Crippen LogP contribution is 2.15. The van der Waals surface area contributed by atoms with E-state index in [0.717, 1.165) is 0 Å². The molecule has 0 radical (unpaired) electrons. The molecule has 1 unspecified atom stereocenters. The number of carbonyl (C=O) groups excluding carboxylic acids is 1. The number of carboxylic acid groups (broad SMARTS) is 1. The Hall–Kier alpha value is -2.28. The second kappa shape index (κ2) is 7.22. The number of hydrogen-bond acceptors (Lipinski definition) is 4. The number of nitrogens with one attached hydrogen (secondary N) is 2. The second-order valence-corrected chi connectivity index (χ2v) is 3.63. The Morgan fingerprint density at radius 1 is 1.32 bits per heavy atom. The third-order valence-corrected chi connectivity index (χ3v) is 2.21. The SMILES string of the molecule is CCOc1ccc(NC(=O)NC(CO)C(=O)O)cc1. The number of aliphatic carboxylic acids is 1. The summed E-state index contributed by atoms with van der Waals surface area (Å²) in [4.78, 5) is 22.1. The quantitative estimate of drug-likeness (QED) is 0.606. The molecule has 0 aromatic heterocycles. The molecule has 1 aromatic carbocycles. The van der Waals surface area contributed by atoms with Crippen LogP contribution in [0.25, 0.3) is 0 Å². The number of rotatable bonds is 6. The molecular formula is C12H16N2O5. The largest absolute Gasteiger partial charge is 0.494 e. The Kier molecular flexibility index (Phi) is 5.62. The minimum Gasteiger partial charge on any atom is -0.494 e. The highest BCUT2D eigenvalue weighted by Gasteiger charge is 2.18. The van der Waals surface area contributed by atoms with Crippen LogP contribution in [-0.2, 0) is 4.79 Å². The first-order valence-electron chi connectivity index (χ1n) is 5.70. The number of aliphatic hydroxyl groups excluding tert-OH is 1. The first-order valence-corrected chi connectivity index (χ1v) is 5.70. The number of carboxylic acids is 1. The Bertz CT molecular complexity index is 432. The van der Waals surface area contributed by atoms with Gasteiger partial charge in [0.1, 0.15) is 5.75 Å². The van der Waals surface area contributed by atoms with Crippen molar-refractivity contribution in [3.8, 4) is 5.75 Å². The number of anilines is 1. The molecule has 0 aliphatic heterocycles. The predicted molar refractivity (Wildman–Crippen MR) is 68.3 cm³/mol. The average Bonchev–Trinajstić information content (AvgIpc) is 2.38. The minimum atomic E-state index is -1.33. The predicted octanol–water partition coefficient (Wildman–Crippen LogP) is 0.652. The van der Waals surface area contributed by atoms with E-state index in [-0.39, 0.29) is 0 Å². The highest BCUT2D eigenvalue weighted by molar-refractivity contribution is 5.92. The van der Waals surface area contributed by atoms with Gasteiger partial charge in [0, 0.05) is 5.69 Å². The van der Waals surface area contributed by atoms with Crippen LogP contribution in [0.5, 0.6) is 5.75 Å². The molecule has 0 fully saturated rings. The molecule has 7 nitrogen and oxygen atoms in total. The van der Waals surface area contributed by atoms with Crippen LogP contribution in [-0.4, -0.2) is 41.5 Å². The third kappa shape index (κ3) is 4.84. The maximum Gasteiger partial charge on any atom is 0.328 e. The standard InChI is InChI=1S/C12H16N2O5/c1-2-19-9-5-3-8(4-6-9)13-12(18)14-10(7-15)11(16)17/h3-6,10,15H,2,7H2,1H3,(H,16,17)(H2,13,14,18). The summed E-state index contributed by atoms with van der Waals surface area (Å²) < 4.78 is 5.24. The first kappa shape index (κ1) is 14.8. The fraction of sp³-hybridized carbons (Fsp3) is 0.333. The lowest BCUT2D eigenvalue weighted by molar-refractivity contribution is -0.140. The first-order chi connectivity index (χ1) is 9.06. The van der Waals surface area contributed by atoms with Crippen LogP contribution in [0.1, 0.15) is 6.92 Å². The Morgan fingerprint density at radius 2 is 1.95 bits per heavy atom. The van der Waals surface area contributed by atoms with Crippen molar-refractivity contribution in [1.82, 2.24) is 5.32 Å². The number of benzene rings is 1. The second-order valence-electron chi connectivity index (χ2n) is 3.63. The lowest BCUT2D eigenvalue weighted by Crippen LogP contribution is -2.45. The maximum atomic E-state index is 11.5. The molecule has 0 aliphatic rings. The van der Waals surface area contributed by atoms with Crippen molar-refractivity contribution in [3.63, 3.8) is 0 Å². The zero-order chi connectivity index (χ0) is 14.3. The zero-order valence-corrected chi connectivity index (χ0v) is 10.4. The third-order valence-electron chi connectivity index (χ3n) is 2.21. The van der Waals surface area contributed by atoms with Gasteiger partial charge in [-0.25, -0.2) is 9.59 Å². The molecule has 0 bridgehead atoms. The van der Waals surface area contributed by atoms with E-state index in [9.17, 15) is 9.59 Å². The Labute approximate surface area is 110 Å². The molecule has 1 rings (SSSR count). The summed E-state index contributed by atoms with van der Waals surface area (Å²) in [5.41, 5.74) is 0.489. The highest BCUT2D eigenvalue weighted by atomic mass is 16.5. The number of amides is 2. The van der Waals surface area contributed by atoms with Crippen molar-refractivity contribution in [2.24, 2.45) is 0 Å². The van der Waals surface area contributed by atoms with Crippen LogP contribution in [0.3, 0.4) is 0 Å². The normalized spacial score (nSPS) is 11.5. The molecule has 0 saturated carbocycles. The van der Waals surface area contributed by atoms with E-state index in [1.54, 1.807) is 24.3 Å². The molecule has 1 atom stereocenters. The molecule has 104 valence electrons. The van der Waals surface area contributed by atoms with Gasteiger partial charge >= 0.3 is 12.0 Å². The number of ether oxygens (including phenoxy) is 1. The lowest BCUT2D eigenvalue weighted by atomic mass is 10.3. The van der Waals surface area contributed by atoms with Gasteiger partial charge in [-0.15, -0.1) is 0 Å². The number of carbonyl (C=O) groups is 2. The van der Waals surface area contributed by atoms with Gasteiger partial charge < -0.3 is 25.6 Å². The molecule has 0 aliphatic carbocycles. The smallest absolute Gasteiger partial charge is 0.328 e. The van der Waals surface area contributed by atoms with Gasteiger partial charge in [-0.05, 0) is 31.2 Å². The van der Waals surface area contributed by atoms with E-state index in [0.29, 0.717) is 18.0 Å². The molecule has 7 heteroatoms. The zero-order valence-electron chi connectivity index (χ0n) is 10.4. The molecule has 1 aromatic rings. The van der Waals surface area contributed by atoms with Crippen molar-refractivity contribution in [2.75, 3.05) is 18.5 Å². The van der Waals surface area contributed by atoms with Crippen LogP contribution in [0, 0.1) is 0 Å². The van der Waals surface area contributed by atoms with Crippen molar-refractivity contribution < 1.29 is 24.5 Å². The summed E-state index contributed by atoms with van der Waals surface area (Å²) in [5.74, 6) is -0.628. The van der Waals surface area contributed by atoms with Crippen molar-refractivity contribution in [3.05, 3.63) is 24.3 Å². The summed E-state index contributed by atoms with van der Waals surface area (Å²) in [6.45, 7) is 1.73. The van der Waals surface area contributed by atoms with Gasteiger partial charge in [0.15, 0.2) is 6.04 Å². The topological polar surface area (TPSA) is 108 Å².